The van der Waals surface area contributed by atoms with Gasteiger partial charge in [-0.3, -0.25) is 5.43 Å². The molecule has 1 unspecified atom stereocenters. The topological polar surface area (TPSA) is 44.6 Å². The van der Waals surface area contributed by atoms with Gasteiger partial charge in [0.2, 0.25) is 0 Å². The number of unbranched alkanes of at least 4 members (excludes halogenated alkanes) is 2. The Morgan fingerprint density at radius 2 is 2.09 bits per heavy atom. The minimum Gasteiger partial charge on any atom is -0.389 e. The normalized spacial score (nSPS) is 13.9. The lowest BCUT2D eigenvalue weighted by molar-refractivity contribution is -0.137. The average molecular weight is 314 g/mol. The fourth-order valence-electron chi connectivity index (χ4n) is 1.80. The molecule has 0 fully saturated rings. The molecule has 2 N–H and O–H groups in total. The van der Waals surface area contributed by atoms with Crippen molar-refractivity contribution in [2.24, 2.45) is 5.10 Å². The quantitative estimate of drug-likeness (QED) is 0.418. The van der Waals surface area contributed by atoms with E-state index in [-0.39, 0.29) is 5.69 Å². The first-order chi connectivity index (χ1) is 10.4. The molecule has 0 spiro atoms. The molecular weight excluding hydrogens is 293 g/mol. The number of halogens is 3. The maximum Gasteiger partial charge on any atom is 0.416 e. The summed E-state index contributed by atoms with van der Waals surface area (Å²) in [6.07, 6.45) is 3.50. The van der Waals surface area contributed by atoms with Crippen LogP contribution in [0.15, 0.2) is 41.5 Å². The number of aliphatic hydroxyl groups excluding tert-OH is 1. The standard InChI is InChI=1S/C16H21F3N2O/c1-2-3-4-9-15(22)10-6-11-20-21-14-8-5-7-13(12-14)16(17,18)19/h5-8,10-12,15,21-22H,2-4,9H2,1H3/b10-6+,20-11+. The van der Waals surface area contributed by atoms with Crippen molar-refractivity contribution in [3.8, 4) is 0 Å². The predicted octanol–water partition coefficient (Wildman–Crippen LogP) is 4.60. The van der Waals surface area contributed by atoms with E-state index in [9.17, 15) is 18.3 Å². The molecule has 1 aromatic carbocycles. The first kappa shape index (κ1) is 18.2. The summed E-state index contributed by atoms with van der Waals surface area (Å²) in [6.45, 7) is 2.09. The van der Waals surface area contributed by atoms with Crippen molar-refractivity contribution in [3.63, 3.8) is 0 Å². The Balaban J connectivity index is 2.43. The summed E-state index contributed by atoms with van der Waals surface area (Å²) in [6, 6.07) is 4.80. The summed E-state index contributed by atoms with van der Waals surface area (Å²) in [5.41, 5.74) is 2.05. The second kappa shape index (κ2) is 9.25. The van der Waals surface area contributed by atoms with Crippen LogP contribution in [-0.2, 0) is 6.18 Å². The van der Waals surface area contributed by atoms with Gasteiger partial charge in [0.25, 0.3) is 0 Å². The van der Waals surface area contributed by atoms with Gasteiger partial charge in [-0.15, -0.1) is 0 Å². The van der Waals surface area contributed by atoms with Gasteiger partial charge in [-0.2, -0.15) is 18.3 Å². The van der Waals surface area contributed by atoms with Gasteiger partial charge >= 0.3 is 6.18 Å². The summed E-state index contributed by atoms with van der Waals surface area (Å²) in [5, 5.41) is 13.4. The molecule has 0 bridgehead atoms. The third-order valence-electron chi connectivity index (χ3n) is 2.98. The molecule has 3 nitrogen and oxygen atoms in total. The fraction of sp³-hybridized carbons (Fsp3) is 0.438. The van der Waals surface area contributed by atoms with Crippen molar-refractivity contribution in [2.75, 3.05) is 5.43 Å². The van der Waals surface area contributed by atoms with Gasteiger partial charge in [0, 0.05) is 6.21 Å². The van der Waals surface area contributed by atoms with Crippen LogP contribution >= 0.6 is 0 Å². The minimum absolute atomic E-state index is 0.253. The van der Waals surface area contributed by atoms with E-state index in [2.05, 4.69) is 17.5 Å². The molecule has 6 heteroatoms. The van der Waals surface area contributed by atoms with E-state index in [0.29, 0.717) is 6.42 Å². The number of benzene rings is 1. The maximum atomic E-state index is 12.5. The van der Waals surface area contributed by atoms with E-state index in [1.54, 1.807) is 12.2 Å². The van der Waals surface area contributed by atoms with Crippen molar-refractivity contribution >= 4 is 11.9 Å². The molecule has 0 radical (unpaired) electrons. The van der Waals surface area contributed by atoms with Crippen molar-refractivity contribution in [3.05, 3.63) is 42.0 Å². The van der Waals surface area contributed by atoms with Crippen molar-refractivity contribution in [2.45, 2.75) is 44.9 Å². The van der Waals surface area contributed by atoms with Gasteiger partial charge in [-0.1, -0.05) is 38.3 Å². The monoisotopic (exact) mass is 314 g/mol. The fourth-order valence-corrected chi connectivity index (χ4v) is 1.80. The van der Waals surface area contributed by atoms with Crippen LogP contribution in [-0.4, -0.2) is 17.4 Å². The molecule has 122 valence electrons. The minimum atomic E-state index is -4.37. The van der Waals surface area contributed by atoms with E-state index in [1.807, 2.05) is 0 Å². The number of hydrogen-bond acceptors (Lipinski definition) is 3. The Hall–Kier alpha value is -1.82. The van der Waals surface area contributed by atoms with Gasteiger partial charge in [0.1, 0.15) is 0 Å². The Labute approximate surface area is 128 Å². The second-order valence-electron chi connectivity index (χ2n) is 4.92. The van der Waals surface area contributed by atoms with Crippen LogP contribution in [0.1, 0.15) is 38.2 Å². The Kier molecular flexibility index (Phi) is 7.66. The van der Waals surface area contributed by atoms with Gasteiger partial charge < -0.3 is 5.11 Å². The smallest absolute Gasteiger partial charge is 0.389 e. The Morgan fingerprint density at radius 1 is 1.32 bits per heavy atom. The zero-order valence-corrected chi connectivity index (χ0v) is 12.5. The maximum absolute atomic E-state index is 12.5. The number of aliphatic hydroxyl groups is 1. The van der Waals surface area contributed by atoms with E-state index in [4.69, 9.17) is 0 Å². The molecule has 1 atom stereocenters. The highest BCUT2D eigenvalue weighted by molar-refractivity contribution is 5.72. The predicted molar refractivity (Wildman–Crippen MR) is 82.8 cm³/mol. The molecular formula is C16H21F3N2O. The molecule has 0 aliphatic rings. The van der Waals surface area contributed by atoms with E-state index in [1.165, 1.54) is 18.3 Å². The van der Waals surface area contributed by atoms with Gasteiger partial charge in [0.05, 0.1) is 17.4 Å². The van der Waals surface area contributed by atoms with Crippen LogP contribution in [0.5, 0.6) is 0 Å². The summed E-state index contributed by atoms with van der Waals surface area (Å²) in [5.74, 6) is 0. The van der Waals surface area contributed by atoms with Crippen molar-refractivity contribution in [1.29, 1.82) is 0 Å². The number of nitrogens with zero attached hydrogens (tertiary/aromatic N) is 1. The number of hydrogen-bond donors (Lipinski definition) is 2. The summed E-state index contributed by atoms with van der Waals surface area (Å²) in [4.78, 5) is 0. The molecule has 22 heavy (non-hydrogen) atoms. The summed E-state index contributed by atoms with van der Waals surface area (Å²) < 4.78 is 37.6. The van der Waals surface area contributed by atoms with E-state index >= 15 is 0 Å². The SMILES string of the molecule is CCCCCC(O)/C=C/C=N/Nc1cccc(C(F)(F)F)c1. The highest BCUT2D eigenvalue weighted by Crippen LogP contribution is 2.30. The van der Waals surface area contributed by atoms with Gasteiger partial charge in [0.15, 0.2) is 0 Å². The molecule has 1 rings (SSSR count). The van der Waals surface area contributed by atoms with Crippen LogP contribution in [0.3, 0.4) is 0 Å². The first-order valence-corrected chi connectivity index (χ1v) is 7.24. The molecule has 0 aliphatic carbocycles. The number of allylic oxidation sites excluding steroid dienone is 1. The van der Waals surface area contributed by atoms with Gasteiger partial charge in [-0.05, 0) is 30.7 Å². The average Bonchev–Trinajstić information content (AvgIpc) is 2.46. The third-order valence-corrected chi connectivity index (χ3v) is 2.98. The largest absolute Gasteiger partial charge is 0.416 e. The second-order valence-corrected chi connectivity index (χ2v) is 4.92. The van der Waals surface area contributed by atoms with Crippen LogP contribution in [0.4, 0.5) is 18.9 Å². The van der Waals surface area contributed by atoms with E-state index in [0.717, 1.165) is 31.4 Å². The summed E-state index contributed by atoms with van der Waals surface area (Å²) >= 11 is 0. The number of hydrazone groups is 1. The lowest BCUT2D eigenvalue weighted by Gasteiger charge is -2.07. The van der Waals surface area contributed by atoms with Crippen LogP contribution in [0, 0.1) is 0 Å². The highest BCUT2D eigenvalue weighted by atomic mass is 19.4. The number of alkyl halides is 3. The zero-order valence-electron chi connectivity index (χ0n) is 12.5. The molecule has 0 saturated heterocycles. The van der Waals surface area contributed by atoms with E-state index < -0.39 is 17.8 Å². The molecule has 0 amide bonds. The lowest BCUT2D eigenvalue weighted by atomic mass is 10.1. The van der Waals surface area contributed by atoms with Crippen LogP contribution < -0.4 is 5.43 Å². The van der Waals surface area contributed by atoms with Gasteiger partial charge in [-0.25, -0.2) is 0 Å². The van der Waals surface area contributed by atoms with Crippen molar-refractivity contribution < 1.29 is 18.3 Å². The highest BCUT2D eigenvalue weighted by Gasteiger charge is 2.30. The molecule has 0 heterocycles. The van der Waals surface area contributed by atoms with Crippen LogP contribution in [0.25, 0.3) is 0 Å². The summed E-state index contributed by atoms with van der Waals surface area (Å²) in [7, 11) is 0. The zero-order chi connectivity index (χ0) is 16.4. The number of rotatable bonds is 8. The Morgan fingerprint density at radius 3 is 2.77 bits per heavy atom. The number of anilines is 1. The number of nitrogens with one attached hydrogen (secondary N) is 1. The molecule has 0 aliphatic heterocycles. The first-order valence-electron chi connectivity index (χ1n) is 7.24. The van der Waals surface area contributed by atoms with Crippen molar-refractivity contribution in [1.82, 2.24) is 0 Å². The molecule has 0 saturated carbocycles. The molecule has 0 aromatic heterocycles. The third kappa shape index (κ3) is 7.26. The van der Waals surface area contributed by atoms with Crippen LogP contribution in [0.2, 0.25) is 0 Å². The Bertz CT molecular complexity index is 498. The molecule has 1 aromatic rings. The lowest BCUT2D eigenvalue weighted by Crippen LogP contribution is -2.05.